The molecule has 2 rings (SSSR count). The largest absolute Gasteiger partial charge is 0.434 e. The van der Waals surface area contributed by atoms with Gasteiger partial charge in [0.15, 0.2) is 5.76 Å². The minimum atomic E-state index is -0.164. The Balaban J connectivity index is 2.31. The second kappa shape index (κ2) is 4.93. The average Bonchev–Trinajstić information content (AvgIpc) is 2.78. The minimum Gasteiger partial charge on any atom is -0.434 e. The number of hydrogen-bond donors (Lipinski definition) is 0. The maximum Gasteiger partial charge on any atom is 0.264 e. The van der Waals surface area contributed by atoms with Crippen LogP contribution in [0, 0.1) is 0 Å². The Morgan fingerprint density at radius 1 is 1.31 bits per heavy atom. The smallest absolute Gasteiger partial charge is 0.264 e. The Kier molecular flexibility index (Phi) is 3.56. The zero-order valence-corrected chi connectivity index (χ0v) is 11.3. The third-order valence-corrected chi connectivity index (χ3v) is 3.03. The van der Waals surface area contributed by atoms with Gasteiger partial charge in [0.2, 0.25) is 5.78 Å². The fourth-order valence-electron chi connectivity index (χ4n) is 1.21. The molecule has 0 bridgehead atoms. The molecule has 0 aliphatic heterocycles. The van der Waals surface area contributed by atoms with Crippen LogP contribution in [0.1, 0.15) is 10.7 Å². The molecule has 0 atom stereocenters. The van der Waals surface area contributed by atoms with Crippen LogP contribution in [-0.4, -0.2) is 16.1 Å². The summed E-state index contributed by atoms with van der Waals surface area (Å²) in [5, 5.41) is 0.216. The summed E-state index contributed by atoms with van der Waals surface area (Å²) in [5.41, 5.74) is 0.893. The van der Waals surface area contributed by atoms with Gasteiger partial charge in [-0.3, -0.25) is 4.79 Å². The highest BCUT2D eigenvalue weighted by Gasteiger charge is 2.12. The van der Waals surface area contributed by atoms with E-state index in [1.807, 2.05) is 24.3 Å². The van der Waals surface area contributed by atoms with E-state index in [-0.39, 0.29) is 17.0 Å². The zero-order chi connectivity index (χ0) is 11.5. The number of halogens is 2. The van der Waals surface area contributed by atoms with Gasteiger partial charge in [-0.2, -0.15) is 0 Å². The topological polar surface area (TPSA) is 43.1 Å². The van der Waals surface area contributed by atoms with E-state index in [1.54, 1.807) is 6.20 Å². The number of carbonyl (C=O) groups is 1. The molecule has 0 radical (unpaired) electrons. The summed E-state index contributed by atoms with van der Waals surface area (Å²) in [7, 11) is 0. The number of aromatic nitrogens is 1. The molecule has 3 nitrogen and oxygen atoms in total. The molecule has 0 aliphatic rings. The normalized spacial score (nSPS) is 10.4. The molecule has 1 heterocycles. The van der Waals surface area contributed by atoms with Gasteiger partial charge in [0.25, 0.3) is 5.89 Å². The predicted molar refractivity (Wildman–Crippen MR) is 67.8 cm³/mol. The van der Waals surface area contributed by atoms with Crippen molar-refractivity contribution >= 4 is 37.6 Å². The lowest BCUT2D eigenvalue weighted by molar-refractivity contribution is 0.0988. The summed E-state index contributed by atoms with van der Waals surface area (Å²) < 4.78 is 6.35. The highest BCUT2D eigenvalue weighted by molar-refractivity contribution is 9.10. The van der Waals surface area contributed by atoms with Crippen molar-refractivity contribution in [1.82, 2.24) is 4.98 Å². The molecule has 1 aromatic carbocycles. The standard InChI is InChI=1S/C11H7Br2NO2/c12-5-9(15)11-14-6-10(16-11)7-1-3-8(13)4-2-7/h1-4,6H,5H2. The van der Waals surface area contributed by atoms with Crippen LogP contribution in [0.3, 0.4) is 0 Å². The molecule has 1 aromatic heterocycles. The third-order valence-electron chi connectivity index (χ3n) is 1.99. The Labute approximate surface area is 109 Å². The van der Waals surface area contributed by atoms with Crippen LogP contribution in [0.5, 0.6) is 0 Å². The molecule has 82 valence electrons. The van der Waals surface area contributed by atoms with Crippen molar-refractivity contribution in [3.05, 3.63) is 40.8 Å². The lowest BCUT2D eigenvalue weighted by Crippen LogP contribution is -1.98. The molecule has 16 heavy (non-hydrogen) atoms. The Bertz CT molecular complexity index is 505. The molecule has 0 aliphatic carbocycles. The minimum absolute atomic E-state index is 0.134. The van der Waals surface area contributed by atoms with E-state index in [0.717, 1.165) is 10.0 Å². The van der Waals surface area contributed by atoms with E-state index < -0.39 is 0 Å². The summed E-state index contributed by atoms with van der Waals surface area (Å²) in [4.78, 5) is 15.2. The van der Waals surface area contributed by atoms with E-state index in [2.05, 4.69) is 36.8 Å². The third kappa shape index (κ3) is 2.41. The number of benzene rings is 1. The second-order valence-electron chi connectivity index (χ2n) is 3.09. The molecule has 0 N–H and O–H groups in total. The molecular formula is C11H7Br2NO2. The van der Waals surface area contributed by atoms with Gasteiger partial charge in [-0.1, -0.05) is 44.0 Å². The Morgan fingerprint density at radius 3 is 2.62 bits per heavy atom. The number of oxazole rings is 1. The van der Waals surface area contributed by atoms with Gasteiger partial charge in [-0.15, -0.1) is 0 Å². The first kappa shape index (κ1) is 11.5. The number of rotatable bonds is 3. The molecule has 0 unspecified atom stereocenters. The van der Waals surface area contributed by atoms with Gasteiger partial charge in [-0.25, -0.2) is 4.98 Å². The summed E-state index contributed by atoms with van der Waals surface area (Å²) in [6.07, 6.45) is 1.55. The number of carbonyl (C=O) groups excluding carboxylic acids is 1. The second-order valence-corrected chi connectivity index (χ2v) is 4.57. The number of nitrogens with zero attached hydrogens (tertiary/aromatic N) is 1. The first-order valence-corrected chi connectivity index (χ1v) is 6.43. The first-order chi connectivity index (χ1) is 7.70. The van der Waals surface area contributed by atoms with Crippen molar-refractivity contribution in [1.29, 1.82) is 0 Å². The maximum absolute atomic E-state index is 11.3. The van der Waals surface area contributed by atoms with Crippen LogP contribution in [0.15, 0.2) is 39.4 Å². The number of hydrogen-bond acceptors (Lipinski definition) is 3. The Hall–Kier alpha value is -0.940. The van der Waals surface area contributed by atoms with Crippen molar-refractivity contribution in [2.24, 2.45) is 0 Å². The molecule has 0 saturated heterocycles. The van der Waals surface area contributed by atoms with Crippen LogP contribution in [-0.2, 0) is 0 Å². The van der Waals surface area contributed by atoms with Gasteiger partial charge in [-0.05, 0) is 12.1 Å². The fourth-order valence-corrected chi connectivity index (χ4v) is 1.71. The monoisotopic (exact) mass is 343 g/mol. The van der Waals surface area contributed by atoms with E-state index in [0.29, 0.717) is 5.76 Å². The lowest BCUT2D eigenvalue weighted by Gasteiger charge is -1.95. The van der Waals surface area contributed by atoms with Gasteiger partial charge in [0.05, 0.1) is 11.5 Å². The molecule has 5 heteroatoms. The van der Waals surface area contributed by atoms with Crippen LogP contribution in [0.4, 0.5) is 0 Å². The molecule has 2 aromatic rings. The van der Waals surface area contributed by atoms with E-state index >= 15 is 0 Å². The van der Waals surface area contributed by atoms with Crippen LogP contribution in [0.2, 0.25) is 0 Å². The summed E-state index contributed by atoms with van der Waals surface area (Å²) in [6.45, 7) is 0. The number of Topliss-reactive ketones (excluding diaryl/α,β-unsaturated/α-hetero) is 1. The van der Waals surface area contributed by atoms with E-state index in [9.17, 15) is 4.79 Å². The van der Waals surface area contributed by atoms with E-state index in [4.69, 9.17) is 4.42 Å². The fraction of sp³-hybridized carbons (Fsp3) is 0.0909. The molecule has 0 fully saturated rings. The molecule has 0 saturated carbocycles. The van der Waals surface area contributed by atoms with Gasteiger partial charge < -0.3 is 4.42 Å². The van der Waals surface area contributed by atoms with Crippen LogP contribution in [0.25, 0.3) is 11.3 Å². The zero-order valence-electron chi connectivity index (χ0n) is 8.11. The molecule has 0 amide bonds. The molecular weight excluding hydrogens is 338 g/mol. The van der Waals surface area contributed by atoms with Crippen molar-refractivity contribution in [2.75, 3.05) is 5.33 Å². The van der Waals surface area contributed by atoms with Crippen molar-refractivity contribution in [3.63, 3.8) is 0 Å². The van der Waals surface area contributed by atoms with Crippen molar-refractivity contribution < 1.29 is 9.21 Å². The SMILES string of the molecule is O=C(CBr)c1ncc(-c2ccc(Br)cc2)o1. The molecule has 0 spiro atoms. The van der Waals surface area contributed by atoms with Gasteiger partial charge in [0, 0.05) is 10.0 Å². The average molecular weight is 345 g/mol. The maximum atomic E-state index is 11.3. The summed E-state index contributed by atoms with van der Waals surface area (Å²) in [6, 6.07) is 7.60. The lowest BCUT2D eigenvalue weighted by atomic mass is 10.2. The van der Waals surface area contributed by atoms with Crippen molar-refractivity contribution in [2.45, 2.75) is 0 Å². The predicted octanol–water partition coefficient (Wildman–Crippen LogP) is 3.68. The van der Waals surface area contributed by atoms with Crippen LogP contribution >= 0.6 is 31.9 Å². The van der Waals surface area contributed by atoms with Gasteiger partial charge >= 0.3 is 0 Å². The van der Waals surface area contributed by atoms with E-state index in [1.165, 1.54) is 0 Å². The number of alkyl halides is 1. The van der Waals surface area contributed by atoms with Gasteiger partial charge in [0.1, 0.15) is 0 Å². The highest BCUT2D eigenvalue weighted by Crippen LogP contribution is 2.22. The van der Waals surface area contributed by atoms with Crippen LogP contribution < -0.4 is 0 Å². The van der Waals surface area contributed by atoms with Crippen molar-refractivity contribution in [3.8, 4) is 11.3 Å². The highest BCUT2D eigenvalue weighted by atomic mass is 79.9. The first-order valence-electron chi connectivity index (χ1n) is 4.51. The summed E-state index contributed by atoms with van der Waals surface area (Å²) in [5.74, 6) is 0.565. The Morgan fingerprint density at radius 2 is 2.00 bits per heavy atom. The number of ketones is 1. The summed E-state index contributed by atoms with van der Waals surface area (Å²) >= 11 is 6.42. The quantitative estimate of drug-likeness (QED) is 0.630.